The van der Waals surface area contributed by atoms with Crippen molar-refractivity contribution in [1.82, 2.24) is 0 Å². The normalized spacial score (nSPS) is 14.4. The number of carbonyl (C=O) groups excluding carboxylic acids is 1. The molecule has 0 amide bonds. The van der Waals surface area contributed by atoms with Crippen LogP contribution in [0.3, 0.4) is 0 Å². The van der Waals surface area contributed by atoms with Crippen molar-refractivity contribution in [3.05, 3.63) is 23.3 Å². The van der Waals surface area contributed by atoms with Crippen LogP contribution in [0.1, 0.15) is 28.1 Å². The smallest absolute Gasteiger partial charge is 0.142 e. The summed E-state index contributed by atoms with van der Waals surface area (Å²) in [6.07, 6.45) is 4.18. The van der Waals surface area contributed by atoms with Gasteiger partial charge in [-0.2, -0.15) is 0 Å². The topological polar surface area (TPSA) is 37.3 Å². The van der Waals surface area contributed by atoms with Gasteiger partial charge in [0, 0.05) is 0 Å². The molecule has 68 valence electrons. The number of allylic oxidation sites excluding steroid dienone is 3. The van der Waals surface area contributed by atoms with Gasteiger partial charge in [0.15, 0.2) is 0 Å². The molecule has 0 saturated heterocycles. The molecule has 0 spiro atoms. The SMILES string of the molecule is [3H]C(=O)/C=C(\C)CC/C=C(\C)CO. The predicted octanol–water partition coefficient (Wildman–Crippen LogP) is 1.85. The fraction of sp³-hybridized carbons (Fsp3) is 0.500. The minimum atomic E-state index is -0.652. The van der Waals surface area contributed by atoms with Gasteiger partial charge in [-0.1, -0.05) is 17.2 Å². The average Bonchev–Trinajstić information content (AvgIpc) is 2.02. The lowest BCUT2D eigenvalue weighted by molar-refractivity contribution is -0.104. The van der Waals surface area contributed by atoms with Crippen LogP contribution in [0.4, 0.5) is 0 Å². The molecular formula is C10H16O2. The van der Waals surface area contributed by atoms with E-state index >= 15 is 0 Å². The van der Waals surface area contributed by atoms with E-state index in [-0.39, 0.29) is 6.61 Å². The maximum atomic E-state index is 10.3. The predicted molar refractivity (Wildman–Crippen MR) is 49.9 cm³/mol. The standard InChI is InChI=1S/C10H16O2/c1-9(6-7-11)4-3-5-10(2)8-12/h5-7,12H,3-4,8H2,1-2H3/b9-6+,10-5+/i7T. The Morgan fingerprint density at radius 2 is 2.17 bits per heavy atom. The van der Waals surface area contributed by atoms with Crippen LogP contribution >= 0.6 is 0 Å². The van der Waals surface area contributed by atoms with E-state index < -0.39 is 6.26 Å². The lowest BCUT2D eigenvalue weighted by Gasteiger charge is -1.96. The van der Waals surface area contributed by atoms with Crippen molar-refractivity contribution in [2.75, 3.05) is 6.61 Å². The van der Waals surface area contributed by atoms with Gasteiger partial charge in [0.2, 0.25) is 0 Å². The Kier molecular flexibility index (Phi) is 5.21. The highest BCUT2D eigenvalue weighted by Gasteiger charge is 1.88. The van der Waals surface area contributed by atoms with Crippen molar-refractivity contribution < 1.29 is 11.3 Å². The van der Waals surface area contributed by atoms with Crippen molar-refractivity contribution >= 4 is 6.26 Å². The maximum absolute atomic E-state index is 10.3. The number of aliphatic hydroxyl groups is 1. The highest BCUT2D eigenvalue weighted by molar-refractivity contribution is 5.65. The average molecular weight is 170 g/mol. The molecule has 1 N–H and O–H groups in total. The van der Waals surface area contributed by atoms with E-state index in [2.05, 4.69) is 0 Å². The minimum absolute atomic E-state index is 0.0835. The Morgan fingerprint density at radius 3 is 2.67 bits per heavy atom. The Bertz CT molecular complexity index is 229. The molecule has 12 heavy (non-hydrogen) atoms. The third-order valence-electron chi connectivity index (χ3n) is 1.59. The molecule has 0 aliphatic carbocycles. The molecule has 0 aromatic heterocycles. The largest absolute Gasteiger partial charge is 0.392 e. The van der Waals surface area contributed by atoms with Crippen LogP contribution in [0.25, 0.3) is 0 Å². The number of hydrogen-bond donors (Lipinski definition) is 1. The quantitative estimate of drug-likeness (QED) is 0.388. The van der Waals surface area contributed by atoms with Gasteiger partial charge in [-0.25, -0.2) is 0 Å². The van der Waals surface area contributed by atoms with Crippen LogP contribution in [0.15, 0.2) is 23.3 Å². The van der Waals surface area contributed by atoms with E-state index in [0.717, 1.165) is 24.0 Å². The lowest BCUT2D eigenvalue weighted by atomic mass is 10.1. The third-order valence-corrected chi connectivity index (χ3v) is 1.59. The molecule has 0 rings (SSSR count). The number of carbonyl (C=O) groups is 1. The van der Waals surface area contributed by atoms with Crippen molar-refractivity contribution in [3.8, 4) is 0 Å². The molecule has 2 nitrogen and oxygen atoms in total. The van der Waals surface area contributed by atoms with Gasteiger partial charge in [0.05, 0.1) is 6.61 Å². The second-order valence-corrected chi connectivity index (χ2v) is 2.86. The first-order valence-electron chi connectivity index (χ1n) is 4.50. The van der Waals surface area contributed by atoms with Gasteiger partial charge in [0.1, 0.15) is 7.63 Å². The monoisotopic (exact) mass is 170 g/mol. The van der Waals surface area contributed by atoms with E-state index in [1.807, 2.05) is 19.9 Å². The summed E-state index contributed by atoms with van der Waals surface area (Å²) in [5, 5.41) is 8.68. The zero-order valence-corrected chi connectivity index (χ0v) is 7.63. The molecule has 0 bridgehead atoms. The fourth-order valence-electron chi connectivity index (χ4n) is 0.784. The summed E-state index contributed by atoms with van der Waals surface area (Å²) >= 11 is 0. The fourth-order valence-corrected chi connectivity index (χ4v) is 0.784. The van der Waals surface area contributed by atoms with E-state index in [4.69, 9.17) is 6.48 Å². The molecule has 0 saturated carbocycles. The Hall–Kier alpha value is -0.890. The Balaban J connectivity index is 3.83. The van der Waals surface area contributed by atoms with Crippen molar-refractivity contribution in [1.29, 1.82) is 0 Å². The van der Waals surface area contributed by atoms with Gasteiger partial charge < -0.3 is 5.11 Å². The first-order valence-corrected chi connectivity index (χ1v) is 4.00. The molecule has 0 heterocycles. The zero-order chi connectivity index (χ0) is 10.3. The number of rotatable bonds is 5. The van der Waals surface area contributed by atoms with Gasteiger partial charge in [-0.05, 0) is 32.8 Å². The summed E-state index contributed by atoms with van der Waals surface area (Å²) in [5.74, 6) is 0. The summed E-state index contributed by atoms with van der Waals surface area (Å²) in [6, 6.07) is 0. The molecule has 0 fully saturated rings. The molecule has 0 atom stereocenters. The van der Waals surface area contributed by atoms with E-state index in [0.29, 0.717) is 0 Å². The van der Waals surface area contributed by atoms with E-state index in [1.165, 1.54) is 6.08 Å². The highest BCUT2D eigenvalue weighted by atomic mass is 16.3. The molecule has 0 radical (unpaired) electrons. The summed E-state index contributed by atoms with van der Waals surface area (Å²) in [5.41, 5.74) is 1.84. The summed E-state index contributed by atoms with van der Waals surface area (Å²) < 4.78 is 6.69. The van der Waals surface area contributed by atoms with Crippen molar-refractivity contribution in [2.24, 2.45) is 0 Å². The van der Waals surface area contributed by atoms with Crippen molar-refractivity contribution in [3.63, 3.8) is 0 Å². The maximum Gasteiger partial charge on any atom is 0.142 e. The van der Waals surface area contributed by atoms with Gasteiger partial charge in [-0.3, -0.25) is 4.79 Å². The van der Waals surface area contributed by atoms with Crippen LogP contribution in [0.5, 0.6) is 0 Å². The Morgan fingerprint density at radius 1 is 1.50 bits per heavy atom. The van der Waals surface area contributed by atoms with Gasteiger partial charge in [-0.15, -0.1) is 0 Å². The first-order chi connectivity index (χ1) is 6.06. The summed E-state index contributed by atoms with van der Waals surface area (Å²) in [7, 11) is 0. The molecule has 0 unspecified atom stereocenters. The molecule has 0 aromatic carbocycles. The first kappa shape index (κ1) is 9.20. The molecular weight excluding hydrogens is 152 g/mol. The lowest BCUT2D eigenvalue weighted by Crippen LogP contribution is -1.84. The molecule has 2 heteroatoms. The zero-order valence-electron chi connectivity index (χ0n) is 8.63. The number of aldehydes is 1. The van der Waals surface area contributed by atoms with Gasteiger partial charge >= 0.3 is 0 Å². The van der Waals surface area contributed by atoms with Gasteiger partial charge in [0.25, 0.3) is 0 Å². The summed E-state index contributed by atoms with van der Waals surface area (Å²) in [4.78, 5) is 10.3. The third kappa shape index (κ3) is 5.86. The molecule has 0 aliphatic rings. The van der Waals surface area contributed by atoms with Crippen LogP contribution in [-0.2, 0) is 4.79 Å². The number of aliphatic hydroxyl groups excluding tert-OH is 1. The van der Waals surface area contributed by atoms with Crippen LogP contribution < -0.4 is 0 Å². The highest BCUT2D eigenvalue weighted by Crippen LogP contribution is 2.05. The van der Waals surface area contributed by atoms with Crippen LogP contribution in [-0.4, -0.2) is 18.0 Å². The second kappa shape index (κ2) is 6.80. The van der Waals surface area contributed by atoms with E-state index in [9.17, 15) is 4.79 Å². The van der Waals surface area contributed by atoms with Crippen LogP contribution in [0.2, 0.25) is 0 Å². The van der Waals surface area contributed by atoms with E-state index in [1.54, 1.807) is 0 Å². The van der Waals surface area contributed by atoms with Crippen molar-refractivity contribution in [2.45, 2.75) is 26.7 Å². The Labute approximate surface area is 75.0 Å². The van der Waals surface area contributed by atoms with Crippen LogP contribution in [0, 0.1) is 0 Å². The molecule has 0 aromatic rings. The number of hydrogen-bond acceptors (Lipinski definition) is 2. The second-order valence-electron chi connectivity index (χ2n) is 2.86. The minimum Gasteiger partial charge on any atom is -0.392 e. The molecule has 0 aliphatic heterocycles. The summed E-state index contributed by atoms with van der Waals surface area (Å²) in [6.45, 7) is 3.77.